The van der Waals surface area contributed by atoms with E-state index in [0.717, 1.165) is 5.39 Å². The Balaban J connectivity index is 1.39. The average Bonchev–Trinajstić information content (AvgIpc) is 3.40. The van der Waals surface area contributed by atoms with Gasteiger partial charge in [-0.2, -0.15) is 9.78 Å². The first kappa shape index (κ1) is 23.9. The summed E-state index contributed by atoms with van der Waals surface area (Å²) in [5, 5.41) is 15.1. The number of ether oxygens (including phenoxy) is 1. The van der Waals surface area contributed by atoms with Crippen LogP contribution in [0.4, 0.5) is 0 Å². The molecule has 0 saturated carbocycles. The Morgan fingerprint density at radius 3 is 2.62 bits per heavy atom. The molecule has 190 valence electrons. The van der Waals surface area contributed by atoms with E-state index in [1.165, 1.54) is 17.0 Å². The van der Waals surface area contributed by atoms with E-state index >= 15 is 0 Å². The van der Waals surface area contributed by atoms with Crippen LogP contribution in [0.2, 0.25) is 0 Å². The van der Waals surface area contributed by atoms with Crippen LogP contribution < -0.4 is 10.3 Å². The maximum atomic E-state index is 13.5. The second-order valence-electron chi connectivity index (χ2n) is 8.79. The van der Waals surface area contributed by atoms with Crippen molar-refractivity contribution >= 4 is 34.1 Å². The van der Waals surface area contributed by atoms with Crippen LogP contribution in [-0.2, 0) is 6.61 Å². The molecule has 0 fully saturated rings. The molecule has 0 radical (unpaired) electrons. The maximum absolute atomic E-state index is 13.5. The average molecular weight is 516 g/mol. The minimum absolute atomic E-state index is 0.160. The molecule has 8 nitrogen and oxygen atoms in total. The standard InChI is InChI=1S/C31H21N3O5/c35-30-24-12-3-4-13-25(24)33-29(28-17-21-9-1-6-15-27(21)39-28)34(30)32-18-23-10-2-5-14-26(23)38-19-20-8-7-11-22(16-20)31(36)37/h1-18H,19H2,(H,36,37). The predicted molar refractivity (Wildman–Crippen MR) is 148 cm³/mol. The van der Waals surface area contributed by atoms with E-state index in [1.807, 2.05) is 54.6 Å². The highest BCUT2D eigenvalue weighted by atomic mass is 16.5. The number of aromatic nitrogens is 2. The molecule has 6 aromatic rings. The number of fused-ring (bicyclic) bond motifs is 2. The SMILES string of the molecule is O=C(O)c1cccc(COc2ccccc2C=Nn2c(-c3cc4ccccc4o3)nc3ccccc3c2=O)c1. The molecule has 2 heterocycles. The summed E-state index contributed by atoms with van der Waals surface area (Å²) >= 11 is 0. The molecule has 0 saturated heterocycles. The van der Waals surface area contributed by atoms with Crippen LogP contribution in [0.1, 0.15) is 21.5 Å². The Kier molecular flexibility index (Phi) is 6.18. The van der Waals surface area contributed by atoms with Crippen molar-refractivity contribution in [1.29, 1.82) is 0 Å². The largest absolute Gasteiger partial charge is 0.488 e. The van der Waals surface area contributed by atoms with Gasteiger partial charge in [-0.15, -0.1) is 0 Å². The van der Waals surface area contributed by atoms with Crippen molar-refractivity contribution < 1.29 is 19.1 Å². The third kappa shape index (κ3) is 4.78. The van der Waals surface area contributed by atoms with E-state index in [-0.39, 0.29) is 23.6 Å². The molecule has 1 N–H and O–H groups in total. The van der Waals surface area contributed by atoms with Crippen molar-refractivity contribution in [3.8, 4) is 17.3 Å². The molecule has 0 bridgehead atoms. The fourth-order valence-corrected chi connectivity index (χ4v) is 4.28. The summed E-state index contributed by atoms with van der Waals surface area (Å²) in [5.41, 5.74) is 2.41. The maximum Gasteiger partial charge on any atom is 0.335 e. The lowest BCUT2D eigenvalue weighted by Crippen LogP contribution is -2.20. The van der Waals surface area contributed by atoms with Crippen molar-refractivity contribution in [2.24, 2.45) is 5.10 Å². The first-order valence-corrected chi connectivity index (χ1v) is 12.2. The van der Waals surface area contributed by atoms with Crippen LogP contribution in [0, 0.1) is 0 Å². The molecule has 4 aromatic carbocycles. The monoisotopic (exact) mass is 515 g/mol. The number of carbonyl (C=O) groups is 1. The second-order valence-corrected chi connectivity index (χ2v) is 8.79. The van der Waals surface area contributed by atoms with E-state index in [1.54, 1.807) is 42.5 Å². The van der Waals surface area contributed by atoms with Crippen molar-refractivity contribution in [2.45, 2.75) is 6.61 Å². The number of furan rings is 1. The van der Waals surface area contributed by atoms with Gasteiger partial charge in [0.2, 0.25) is 5.82 Å². The van der Waals surface area contributed by atoms with Crippen molar-refractivity contribution in [2.75, 3.05) is 0 Å². The van der Waals surface area contributed by atoms with Crippen LogP contribution in [0.25, 0.3) is 33.5 Å². The van der Waals surface area contributed by atoms with Gasteiger partial charge in [-0.3, -0.25) is 4.79 Å². The first-order chi connectivity index (χ1) is 19.1. The van der Waals surface area contributed by atoms with Crippen LogP contribution >= 0.6 is 0 Å². The molecule has 0 atom stereocenters. The predicted octanol–water partition coefficient (Wildman–Crippen LogP) is 5.97. The summed E-state index contributed by atoms with van der Waals surface area (Å²) in [6.07, 6.45) is 1.53. The Hall–Kier alpha value is -5.50. The highest BCUT2D eigenvalue weighted by Gasteiger charge is 2.16. The van der Waals surface area contributed by atoms with E-state index in [9.17, 15) is 14.7 Å². The first-order valence-electron chi connectivity index (χ1n) is 12.2. The van der Waals surface area contributed by atoms with Gasteiger partial charge in [-0.05, 0) is 54.1 Å². The Labute approximate surface area is 222 Å². The van der Waals surface area contributed by atoms with Crippen molar-refractivity contribution in [1.82, 2.24) is 9.66 Å². The minimum Gasteiger partial charge on any atom is -0.488 e. The molecule has 8 heteroatoms. The number of para-hydroxylation sites is 3. The highest BCUT2D eigenvalue weighted by molar-refractivity contribution is 5.88. The van der Waals surface area contributed by atoms with E-state index in [2.05, 4.69) is 5.10 Å². The van der Waals surface area contributed by atoms with E-state index in [0.29, 0.717) is 39.1 Å². The quantitative estimate of drug-likeness (QED) is 0.263. The summed E-state index contributed by atoms with van der Waals surface area (Å²) in [6.45, 7) is 0.160. The van der Waals surface area contributed by atoms with Crippen LogP contribution in [-0.4, -0.2) is 27.0 Å². The lowest BCUT2D eigenvalue weighted by atomic mass is 10.1. The second kappa shape index (κ2) is 10.1. The summed E-state index contributed by atoms with van der Waals surface area (Å²) in [4.78, 5) is 29.5. The van der Waals surface area contributed by atoms with Gasteiger partial charge >= 0.3 is 5.97 Å². The number of nitrogens with zero attached hydrogens (tertiary/aromatic N) is 3. The normalized spacial score (nSPS) is 11.4. The molecule has 0 spiro atoms. The molecule has 6 rings (SSSR count). The topological polar surface area (TPSA) is 107 Å². The minimum atomic E-state index is -1.00. The number of carboxylic acids is 1. The molecular formula is C31H21N3O5. The Morgan fingerprint density at radius 2 is 1.74 bits per heavy atom. The number of carboxylic acid groups (broad SMARTS) is 1. The number of benzene rings is 4. The lowest BCUT2D eigenvalue weighted by molar-refractivity contribution is 0.0696. The molecule has 2 aromatic heterocycles. The molecule has 0 unspecified atom stereocenters. The van der Waals surface area contributed by atoms with E-state index in [4.69, 9.17) is 14.1 Å². The number of aromatic carboxylic acids is 1. The lowest BCUT2D eigenvalue weighted by Gasteiger charge is -2.10. The van der Waals surface area contributed by atoms with Gasteiger partial charge in [0.05, 0.1) is 22.7 Å². The van der Waals surface area contributed by atoms with Gasteiger partial charge in [0.1, 0.15) is 17.9 Å². The number of hydrogen-bond donors (Lipinski definition) is 1. The van der Waals surface area contributed by atoms with Gasteiger partial charge in [0.15, 0.2) is 5.76 Å². The van der Waals surface area contributed by atoms with Crippen LogP contribution in [0.5, 0.6) is 5.75 Å². The van der Waals surface area contributed by atoms with Crippen molar-refractivity contribution in [3.05, 3.63) is 130 Å². The highest BCUT2D eigenvalue weighted by Crippen LogP contribution is 2.27. The molecule has 0 amide bonds. The summed E-state index contributed by atoms with van der Waals surface area (Å²) in [5.74, 6) is 0.210. The fraction of sp³-hybridized carbons (Fsp3) is 0.0323. The third-order valence-corrected chi connectivity index (χ3v) is 6.20. The fourth-order valence-electron chi connectivity index (χ4n) is 4.28. The van der Waals surface area contributed by atoms with Crippen molar-refractivity contribution in [3.63, 3.8) is 0 Å². The van der Waals surface area contributed by atoms with E-state index < -0.39 is 5.97 Å². The molecule has 39 heavy (non-hydrogen) atoms. The van der Waals surface area contributed by atoms with Gasteiger partial charge in [0.25, 0.3) is 5.56 Å². The smallest absolute Gasteiger partial charge is 0.335 e. The number of rotatable bonds is 7. The zero-order valence-electron chi connectivity index (χ0n) is 20.5. The zero-order chi connectivity index (χ0) is 26.8. The van der Waals surface area contributed by atoms with Gasteiger partial charge in [-0.25, -0.2) is 9.78 Å². The van der Waals surface area contributed by atoms with Crippen LogP contribution in [0.15, 0.2) is 117 Å². The molecule has 0 aliphatic carbocycles. The zero-order valence-corrected chi connectivity index (χ0v) is 20.5. The van der Waals surface area contributed by atoms with Gasteiger partial charge < -0.3 is 14.3 Å². The molecule has 0 aliphatic heterocycles. The van der Waals surface area contributed by atoms with Gasteiger partial charge in [0, 0.05) is 10.9 Å². The molecule has 0 aliphatic rings. The summed E-state index contributed by atoms with van der Waals surface area (Å²) < 4.78 is 13.3. The van der Waals surface area contributed by atoms with Crippen LogP contribution in [0.3, 0.4) is 0 Å². The Morgan fingerprint density at radius 1 is 0.949 bits per heavy atom. The number of hydrogen-bond acceptors (Lipinski definition) is 6. The molecular weight excluding hydrogens is 494 g/mol. The van der Waals surface area contributed by atoms with Gasteiger partial charge in [-0.1, -0.05) is 54.6 Å². The third-order valence-electron chi connectivity index (χ3n) is 6.20. The summed E-state index contributed by atoms with van der Waals surface area (Å²) in [6, 6.07) is 30.3. The Bertz CT molecular complexity index is 1900. The summed E-state index contributed by atoms with van der Waals surface area (Å²) in [7, 11) is 0.